The van der Waals surface area contributed by atoms with E-state index in [1.807, 2.05) is 0 Å². The number of hydrogen-bond acceptors (Lipinski definition) is 6. The highest BCUT2D eigenvalue weighted by Crippen LogP contribution is 2.17. The molecule has 0 heterocycles. The van der Waals surface area contributed by atoms with Crippen LogP contribution in [0.25, 0.3) is 0 Å². The molecule has 6 heteroatoms. The van der Waals surface area contributed by atoms with Crippen molar-refractivity contribution in [3.8, 4) is 0 Å². The van der Waals surface area contributed by atoms with Gasteiger partial charge in [0.05, 0.1) is 0 Å². The minimum absolute atomic E-state index is 0.0647. The summed E-state index contributed by atoms with van der Waals surface area (Å²) in [5.41, 5.74) is 0. The van der Waals surface area contributed by atoms with Gasteiger partial charge >= 0.3 is 17.9 Å². The van der Waals surface area contributed by atoms with Gasteiger partial charge in [-0.2, -0.15) is 0 Å². The number of hydrogen-bond donors (Lipinski definition) is 0. The van der Waals surface area contributed by atoms with Gasteiger partial charge in [0.2, 0.25) is 0 Å². The monoisotopic (exact) mass is 779 g/mol. The highest BCUT2D eigenvalue weighted by Gasteiger charge is 2.19. The Balaban J connectivity index is 3.86. The summed E-state index contributed by atoms with van der Waals surface area (Å²) >= 11 is 0. The first-order chi connectivity index (χ1) is 27.0. The minimum atomic E-state index is -0.755. The molecule has 0 aliphatic carbocycles. The fourth-order valence-corrected chi connectivity index (χ4v) is 7.38. The topological polar surface area (TPSA) is 78.9 Å². The summed E-state index contributed by atoms with van der Waals surface area (Å²) < 4.78 is 16.5. The largest absolute Gasteiger partial charge is 0.462 e. The van der Waals surface area contributed by atoms with Crippen molar-refractivity contribution in [2.45, 2.75) is 284 Å². The highest BCUT2D eigenvalue weighted by molar-refractivity contribution is 5.71. The van der Waals surface area contributed by atoms with Gasteiger partial charge in [0.15, 0.2) is 6.10 Å². The SMILES string of the molecule is CCCCCCCCCCCCCCCCCCCCCCCCCCCC(=O)OCC(COC(=O)CCCCCCCC)OC(=O)CCCCCCCC. The van der Waals surface area contributed by atoms with E-state index in [4.69, 9.17) is 14.2 Å². The van der Waals surface area contributed by atoms with Gasteiger partial charge in [0, 0.05) is 19.3 Å². The van der Waals surface area contributed by atoms with Crippen LogP contribution in [0.15, 0.2) is 0 Å². The molecule has 0 spiro atoms. The normalized spacial score (nSPS) is 11.8. The summed E-state index contributed by atoms with van der Waals surface area (Å²) in [7, 11) is 0. The summed E-state index contributed by atoms with van der Waals surface area (Å²) in [5, 5.41) is 0. The van der Waals surface area contributed by atoms with Gasteiger partial charge in [-0.15, -0.1) is 0 Å². The summed E-state index contributed by atoms with van der Waals surface area (Å²) in [5.74, 6) is -0.873. The average molecular weight is 779 g/mol. The molecule has 326 valence electrons. The lowest BCUT2D eigenvalue weighted by molar-refractivity contribution is -0.167. The van der Waals surface area contributed by atoms with E-state index < -0.39 is 6.10 Å². The number of rotatable bonds is 45. The molecule has 0 aliphatic heterocycles. The molecule has 0 aliphatic rings. The minimum Gasteiger partial charge on any atom is -0.462 e. The summed E-state index contributed by atoms with van der Waals surface area (Å²) in [6.45, 7) is 6.54. The van der Waals surface area contributed by atoms with E-state index in [9.17, 15) is 14.4 Å². The molecule has 1 atom stereocenters. The van der Waals surface area contributed by atoms with Crippen LogP contribution in [-0.4, -0.2) is 37.2 Å². The molecule has 0 fully saturated rings. The molecule has 0 saturated carbocycles. The molecule has 0 rings (SSSR count). The van der Waals surface area contributed by atoms with Gasteiger partial charge < -0.3 is 14.2 Å². The van der Waals surface area contributed by atoms with Gasteiger partial charge in [-0.1, -0.05) is 239 Å². The van der Waals surface area contributed by atoms with Crippen molar-refractivity contribution < 1.29 is 28.6 Å². The standard InChI is InChI=1S/C49H94O6/c1-4-7-10-13-16-17-18-19-20-21-22-23-24-25-26-27-28-29-30-31-32-33-34-37-39-42-48(51)54-45-46(55-49(52)43-40-36-15-12-9-6-3)44-53-47(50)41-38-35-14-11-8-5-2/h46H,4-45H2,1-3H3. The molecule has 0 radical (unpaired) electrons. The molecule has 0 aromatic carbocycles. The van der Waals surface area contributed by atoms with E-state index in [1.165, 1.54) is 180 Å². The molecule has 0 bridgehead atoms. The van der Waals surface area contributed by atoms with Gasteiger partial charge in [-0.05, 0) is 19.3 Å². The maximum absolute atomic E-state index is 12.5. The first kappa shape index (κ1) is 53.4. The lowest BCUT2D eigenvalue weighted by atomic mass is 10.0. The number of esters is 3. The van der Waals surface area contributed by atoms with E-state index >= 15 is 0 Å². The fourth-order valence-electron chi connectivity index (χ4n) is 7.38. The van der Waals surface area contributed by atoms with E-state index in [0.29, 0.717) is 19.3 Å². The zero-order chi connectivity index (χ0) is 40.1. The van der Waals surface area contributed by atoms with Crippen LogP contribution in [0.3, 0.4) is 0 Å². The van der Waals surface area contributed by atoms with Crippen molar-refractivity contribution in [2.75, 3.05) is 13.2 Å². The van der Waals surface area contributed by atoms with E-state index in [2.05, 4.69) is 20.8 Å². The Morgan fingerprint density at radius 1 is 0.291 bits per heavy atom. The third kappa shape index (κ3) is 43.4. The Morgan fingerprint density at radius 3 is 0.727 bits per heavy atom. The maximum atomic E-state index is 12.5. The van der Waals surface area contributed by atoms with Crippen LogP contribution in [0, 0.1) is 0 Å². The highest BCUT2D eigenvalue weighted by atomic mass is 16.6. The molecular formula is C49H94O6. The van der Waals surface area contributed by atoms with Gasteiger partial charge in [-0.25, -0.2) is 0 Å². The van der Waals surface area contributed by atoms with Crippen LogP contribution < -0.4 is 0 Å². The maximum Gasteiger partial charge on any atom is 0.306 e. The quantitative estimate of drug-likeness (QED) is 0.0348. The second-order valence-corrected chi connectivity index (χ2v) is 16.7. The third-order valence-electron chi connectivity index (χ3n) is 11.1. The Hall–Kier alpha value is -1.59. The van der Waals surface area contributed by atoms with Crippen molar-refractivity contribution in [3.05, 3.63) is 0 Å². The second kappa shape index (κ2) is 45.1. The van der Waals surface area contributed by atoms with Crippen LogP contribution in [0.2, 0.25) is 0 Å². The second-order valence-electron chi connectivity index (χ2n) is 16.7. The summed E-state index contributed by atoms with van der Waals surface area (Å²) in [6, 6.07) is 0. The van der Waals surface area contributed by atoms with Crippen LogP contribution >= 0.6 is 0 Å². The van der Waals surface area contributed by atoms with Crippen molar-refractivity contribution >= 4 is 17.9 Å². The molecule has 0 saturated heterocycles. The average Bonchev–Trinajstić information content (AvgIpc) is 3.18. The fraction of sp³-hybridized carbons (Fsp3) is 0.939. The van der Waals surface area contributed by atoms with Crippen LogP contribution in [0.1, 0.15) is 278 Å². The van der Waals surface area contributed by atoms with Gasteiger partial charge in [0.25, 0.3) is 0 Å². The predicted octanol–water partition coefficient (Wildman–Crippen LogP) is 15.6. The van der Waals surface area contributed by atoms with Crippen molar-refractivity contribution in [3.63, 3.8) is 0 Å². The molecule has 55 heavy (non-hydrogen) atoms. The molecule has 6 nitrogen and oxygen atoms in total. The molecule has 0 amide bonds. The smallest absolute Gasteiger partial charge is 0.306 e. The van der Waals surface area contributed by atoms with E-state index in [-0.39, 0.29) is 31.1 Å². The van der Waals surface area contributed by atoms with Crippen LogP contribution in [0.4, 0.5) is 0 Å². The van der Waals surface area contributed by atoms with Crippen LogP contribution in [-0.2, 0) is 28.6 Å². The summed E-state index contributed by atoms with van der Waals surface area (Å²) in [6.07, 6.45) is 47.3. The molecular weight excluding hydrogens is 685 g/mol. The van der Waals surface area contributed by atoms with Crippen LogP contribution in [0.5, 0.6) is 0 Å². The van der Waals surface area contributed by atoms with Crippen molar-refractivity contribution in [1.82, 2.24) is 0 Å². The number of carbonyl (C=O) groups is 3. The van der Waals surface area contributed by atoms with Gasteiger partial charge in [0.1, 0.15) is 13.2 Å². The van der Waals surface area contributed by atoms with E-state index in [0.717, 1.165) is 57.8 Å². The number of ether oxygens (including phenoxy) is 3. The number of unbranched alkanes of at least 4 members (excludes halogenated alkanes) is 34. The Kier molecular flexibility index (Phi) is 43.8. The third-order valence-corrected chi connectivity index (χ3v) is 11.1. The van der Waals surface area contributed by atoms with Crippen molar-refractivity contribution in [1.29, 1.82) is 0 Å². The Morgan fingerprint density at radius 2 is 0.491 bits per heavy atom. The lowest BCUT2D eigenvalue weighted by Crippen LogP contribution is -2.30. The predicted molar refractivity (Wildman–Crippen MR) is 233 cm³/mol. The molecule has 0 N–H and O–H groups in total. The molecule has 0 aromatic heterocycles. The first-order valence-corrected chi connectivity index (χ1v) is 24.5. The lowest BCUT2D eigenvalue weighted by Gasteiger charge is -2.18. The van der Waals surface area contributed by atoms with Crippen molar-refractivity contribution in [2.24, 2.45) is 0 Å². The zero-order valence-corrected chi connectivity index (χ0v) is 37.2. The summed E-state index contributed by atoms with van der Waals surface area (Å²) in [4.78, 5) is 37.3. The Labute approximate surface area is 342 Å². The molecule has 0 aromatic rings. The van der Waals surface area contributed by atoms with E-state index in [1.54, 1.807) is 0 Å². The Bertz CT molecular complexity index is 813. The van der Waals surface area contributed by atoms with Gasteiger partial charge in [-0.3, -0.25) is 14.4 Å². The number of carbonyl (C=O) groups excluding carboxylic acids is 3. The molecule has 1 unspecified atom stereocenters. The zero-order valence-electron chi connectivity index (χ0n) is 37.2. The first-order valence-electron chi connectivity index (χ1n) is 24.5.